The number of anilines is 1. The second-order valence-electron chi connectivity index (χ2n) is 3.88. The molecular weight excluding hydrogens is 268 g/mol. The smallest absolute Gasteiger partial charge is 0.321 e. The molecule has 0 spiro atoms. The van der Waals surface area contributed by atoms with Crippen LogP contribution in [0.2, 0.25) is 0 Å². The Labute approximate surface area is 115 Å². The van der Waals surface area contributed by atoms with E-state index in [0.29, 0.717) is 12.2 Å². The third-order valence-electron chi connectivity index (χ3n) is 2.40. The number of hydrogen-bond acceptors (Lipinski definition) is 5. The first-order valence-electron chi connectivity index (χ1n) is 5.60. The highest BCUT2D eigenvalue weighted by Crippen LogP contribution is 2.11. The first kappa shape index (κ1) is 15.3. The van der Waals surface area contributed by atoms with Crippen molar-refractivity contribution in [2.24, 2.45) is 0 Å². The Bertz CT molecular complexity index is 453. The van der Waals surface area contributed by atoms with Crippen LogP contribution in [0.15, 0.2) is 24.3 Å². The molecule has 0 saturated heterocycles. The minimum Gasteiger partial charge on any atom is -0.481 e. The van der Waals surface area contributed by atoms with Crippen molar-refractivity contribution in [2.75, 3.05) is 17.2 Å². The molecule has 0 aromatic heterocycles. The number of thioether (sulfide) groups is 1. The van der Waals surface area contributed by atoms with E-state index in [4.69, 9.17) is 15.9 Å². The molecule has 1 rings (SSSR count). The van der Waals surface area contributed by atoms with Crippen molar-refractivity contribution in [1.82, 2.24) is 5.32 Å². The highest BCUT2D eigenvalue weighted by molar-refractivity contribution is 8.00. The van der Waals surface area contributed by atoms with E-state index in [1.54, 1.807) is 12.1 Å². The predicted octanol–water partition coefficient (Wildman–Crippen LogP) is 0.629. The number of nitrogens with two attached hydrogens (primary N) is 1. The van der Waals surface area contributed by atoms with Gasteiger partial charge in [0, 0.05) is 18.0 Å². The van der Waals surface area contributed by atoms with Gasteiger partial charge in [0.15, 0.2) is 0 Å². The van der Waals surface area contributed by atoms with Crippen LogP contribution in [0.5, 0.6) is 0 Å². The van der Waals surface area contributed by atoms with Gasteiger partial charge in [0.05, 0.1) is 5.75 Å². The van der Waals surface area contributed by atoms with Crippen molar-refractivity contribution in [3.05, 3.63) is 29.8 Å². The van der Waals surface area contributed by atoms with Crippen molar-refractivity contribution >= 4 is 29.4 Å². The largest absolute Gasteiger partial charge is 0.481 e. The lowest BCUT2D eigenvalue weighted by atomic mass is 10.2. The standard InChI is InChI=1S/C12H16N2O4S/c13-9-4-2-1-3-8(9)5-14-10(12(17)18)6-19-7-11(15)16/h1-4,10,14H,5-7,13H2,(H,15,16)(H,17,18)/t10-/m0/s1. The molecule has 0 radical (unpaired) electrons. The molecule has 0 aliphatic rings. The van der Waals surface area contributed by atoms with Crippen molar-refractivity contribution in [3.63, 3.8) is 0 Å². The fourth-order valence-corrected chi connectivity index (χ4v) is 2.20. The minimum atomic E-state index is -1.01. The summed E-state index contributed by atoms with van der Waals surface area (Å²) in [5.74, 6) is -1.89. The maximum absolute atomic E-state index is 11.0. The summed E-state index contributed by atoms with van der Waals surface area (Å²) in [6, 6.07) is 6.37. The van der Waals surface area contributed by atoms with Gasteiger partial charge >= 0.3 is 11.9 Å². The number of carbonyl (C=O) groups is 2. The zero-order valence-corrected chi connectivity index (χ0v) is 11.0. The Morgan fingerprint density at radius 3 is 2.58 bits per heavy atom. The predicted molar refractivity (Wildman–Crippen MR) is 74.1 cm³/mol. The van der Waals surface area contributed by atoms with Gasteiger partial charge < -0.3 is 15.9 Å². The number of benzene rings is 1. The molecule has 0 fully saturated rings. The van der Waals surface area contributed by atoms with Gasteiger partial charge in [0.2, 0.25) is 0 Å². The lowest BCUT2D eigenvalue weighted by Crippen LogP contribution is -2.38. The van der Waals surface area contributed by atoms with Gasteiger partial charge in [-0.25, -0.2) is 0 Å². The third kappa shape index (κ3) is 5.62. The lowest BCUT2D eigenvalue weighted by Gasteiger charge is -2.14. The van der Waals surface area contributed by atoms with Crippen LogP contribution in [0, 0.1) is 0 Å². The van der Waals surface area contributed by atoms with Crippen molar-refractivity contribution in [3.8, 4) is 0 Å². The summed E-state index contributed by atoms with van der Waals surface area (Å²) in [6.45, 7) is 0.331. The molecule has 0 amide bonds. The highest BCUT2D eigenvalue weighted by atomic mass is 32.2. The molecule has 104 valence electrons. The Balaban J connectivity index is 2.48. The molecule has 0 heterocycles. The summed E-state index contributed by atoms with van der Waals surface area (Å²) < 4.78 is 0. The molecular formula is C12H16N2O4S. The zero-order chi connectivity index (χ0) is 14.3. The van der Waals surface area contributed by atoms with Crippen LogP contribution in [0.4, 0.5) is 5.69 Å². The molecule has 5 N–H and O–H groups in total. The van der Waals surface area contributed by atoms with Gasteiger partial charge in [-0.05, 0) is 11.6 Å². The average molecular weight is 284 g/mol. The zero-order valence-electron chi connectivity index (χ0n) is 10.2. The van der Waals surface area contributed by atoms with E-state index in [-0.39, 0.29) is 11.5 Å². The molecule has 0 saturated carbocycles. The number of hydrogen-bond donors (Lipinski definition) is 4. The van der Waals surface area contributed by atoms with Crippen LogP contribution in [0.3, 0.4) is 0 Å². The first-order chi connectivity index (χ1) is 9.00. The normalized spacial score (nSPS) is 12.0. The molecule has 7 heteroatoms. The summed E-state index contributed by atoms with van der Waals surface area (Å²) in [5, 5.41) is 20.4. The van der Waals surface area contributed by atoms with E-state index in [0.717, 1.165) is 17.3 Å². The quantitative estimate of drug-likeness (QED) is 0.518. The van der Waals surface area contributed by atoms with Gasteiger partial charge in [-0.15, -0.1) is 11.8 Å². The van der Waals surface area contributed by atoms with Gasteiger partial charge in [-0.3, -0.25) is 14.9 Å². The van der Waals surface area contributed by atoms with Crippen molar-refractivity contribution in [2.45, 2.75) is 12.6 Å². The first-order valence-corrected chi connectivity index (χ1v) is 6.75. The molecule has 0 unspecified atom stereocenters. The maximum atomic E-state index is 11.0. The van der Waals surface area contributed by atoms with E-state index in [1.807, 2.05) is 12.1 Å². The number of nitrogens with one attached hydrogen (secondary N) is 1. The minimum absolute atomic E-state index is 0.112. The molecule has 6 nitrogen and oxygen atoms in total. The Morgan fingerprint density at radius 1 is 1.32 bits per heavy atom. The van der Waals surface area contributed by atoms with E-state index in [1.165, 1.54) is 0 Å². The van der Waals surface area contributed by atoms with Crippen LogP contribution >= 0.6 is 11.8 Å². The van der Waals surface area contributed by atoms with Crippen molar-refractivity contribution in [1.29, 1.82) is 0 Å². The molecule has 0 aliphatic carbocycles. The summed E-state index contributed by atoms with van der Waals surface area (Å²) >= 11 is 1.06. The Morgan fingerprint density at radius 2 is 2.00 bits per heavy atom. The van der Waals surface area contributed by atoms with Crippen molar-refractivity contribution < 1.29 is 19.8 Å². The van der Waals surface area contributed by atoms with Crippen LogP contribution in [-0.4, -0.2) is 39.7 Å². The van der Waals surface area contributed by atoms with Crippen LogP contribution in [0.1, 0.15) is 5.56 Å². The number of carboxylic acid groups (broad SMARTS) is 2. The summed E-state index contributed by atoms with van der Waals surface area (Å²) in [6.07, 6.45) is 0. The summed E-state index contributed by atoms with van der Waals surface area (Å²) in [5.41, 5.74) is 7.16. The fourth-order valence-electron chi connectivity index (χ4n) is 1.41. The van der Waals surface area contributed by atoms with Gasteiger partial charge in [-0.2, -0.15) is 0 Å². The number of rotatable bonds is 8. The number of aliphatic carboxylic acids is 2. The number of carboxylic acids is 2. The monoisotopic (exact) mass is 284 g/mol. The molecule has 0 bridgehead atoms. The fraction of sp³-hybridized carbons (Fsp3) is 0.333. The Kier molecular flexibility index (Phi) is 6.17. The average Bonchev–Trinajstić information content (AvgIpc) is 2.34. The van der Waals surface area contributed by atoms with Crippen LogP contribution in [0.25, 0.3) is 0 Å². The summed E-state index contributed by atoms with van der Waals surface area (Å²) in [4.78, 5) is 21.4. The second-order valence-corrected chi connectivity index (χ2v) is 4.91. The lowest BCUT2D eigenvalue weighted by molar-refractivity contribution is -0.139. The SMILES string of the molecule is Nc1ccccc1CN[C@@H](CSCC(=O)O)C(=O)O. The van der Waals surface area contributed by atoms with E-state index in [9.17, 15) is 9.59 Å². The van der Waals surface area contributed by atoms with Gasteiger partial charge in [-0.1, -0.05) is 18.2 Å². The molecule has 1 aromatic rings. The highest BCUT2D eigenvalue weighted by Gasteiger charge is 2.17. The molecule has 1 aromatic carbocycles. The van der Waals surface area contributed by atoms with Gasteiger partial charge in [0.1, 0.15) is 6.04 Å². The van der Waals surface area contributed by atoms with Crippen LogP contribution < -0.4 is 11.1 Å². The number of nitrogen functional groups attached to an aromatic ring is 1. The van der Waals surface area contributed by atoms with E-state index in [2.05, 4.69) is 5.32 Å². The maximum Gasteiger partial charge on any atom is 0.321 e. The van der Waals surface area contributed by atoms with Crippen LogP contribution in [-0.2, 0) is 16.1 Å². The third-order valence-corrected chi connectivity index (χ3v) is 3.42. The molecule has 0 aliphatic heterocycles. The topological polar surface area (TPSA) is 113 Å². The number of para-hydroxylation sites is 1. The Hall–Kier alpha value is -1.73. The second kappa shape index (κ2) is 7.65. The van der Waals surface area contributed by atoms with E-state index >= 15 is 0 Å². The summed E-state index contributed by atoms with van der Waals surface area (Å²) in [7, 11) is 0. The molecule has 19 heavy (non-hydrogen) atoms. The van der Waals surface area contributed by atoms with E-state index < -0.39 is 18.0 Å². The van der Waals surface area contributed by atoms with Gasteiger partial charge in [0.25, 0.3) is 0 Å². The molecule has 1 atom stereocenters.